The molecule has 1 saturated heterocycles. The summed E-state index contributed by atoms with van der Waals surface area (Å²) in [6.07, 6.45) is 8.18. The summed E-state index contributed by atoms with van der Waals surface area (Å²) >= 11 is 0. The summed E-state index contributed by atoms with van der Waals surface area (Å²) in [7, 11) is 0. The zero-order valence-corrected chi connectivity index (χ0v) is 13.0. The standard InChI is InChI=1S/C17H20N6/c1-2-9-22-13-15(20-16(22)6-1)11-18-14-5-4-10-23(12-14)17-7-3-8-19-21-17/h1-3,6-9,13-14,18H,4-5,10-12H2/t14-/m0/s1. The van der Waals surface area contributed by atoms with Gasteiger partial charge >= 0.3 is 0 Å². The van der Waals surface area contributed by atoms with Crippen LogP contribution in [-0.2, 0) is 6.54 Å². The topological polar surface area (TPSA) is 58.4 Å². The van der Waals surface area contributed by atoms with Gasteiger partial charge in [0, 0.05) is 44.3 Å². The molecule has 1 fully saturated rings. The number of pyridine rings is 1. The molecule has 23 heavy (non-hydrogen) atoms. The lowest BCUT2D eigenvalue weighted by atomic mass is 10.1. The van der Waals surface area contributed by atoms with Crippen LogP contribution >= 0.6 is 0 Å². The van der Waals surface area contributed by atoms with Crippen LogP contribution < -0.4 is 10.2 Å². The number of piperidine rings is 1. The number of hydrogen-bond donors (Lipinski definition) is 1. The Morgan fingerprint density at radius 1 is 1.22 bits per heavy atom. The third-order valence-electron chi connectivity index (χ3n) is 4.29. The van der Waals surface area contributed by atoms with Gasteiger partial charge in [-0.3, -0.25) is 0 Å². The fraction of sp³-hybridized carbons (Fsp3) is 0.353. The number of aromatic nitrogens is 4. The first-order chi connectivity index (χ1) is 11.4. The number of anilines is 1. The predicted octanol–water partition coefficient (Wildman–Crippen LogP) is 1.88. The van der Waals surface area contributed by atoms with Gasteiger partial charge in [-0.05, 0) is 37.1 Å². The van der Waals surface area contributed by atoms with E-state index in [0.29, 0.717) is 6.04 Å². The second-order valence-corrected chi connectivity index (χ2v) is 5.95. The maximum absolute atomic E-state index is 4.64. The first kappa shape index (κ1) is 14.1. The quantitative estimate of drug-likeness (QED) is 0.797. The van der Waals surface area contributed by atoms with Gasteiger partial charge in [0.25, 0.3) is 0 Å². The Hall–Kier alpha value is -2.47. The molecule has 0 saturated carbocycles. The number of nitrogens with one attached hydrogen (secondary N) is 1. The normalized spacial score (nSPS) is 18.4. The van der Waals surface area contributed by atoms with Crippen molar-refractivity contribution in [2.24, 2.45) is 0 Å². The van der Waals surface area contributed by atoms with Gasteiger partial charge in [-0.25, -0.2) is 4.98 Å². The summed E-state index contributed by atoms with van der Waals surface area (Å²) in [5.74, 6) is 0.965. The van der Waals surface area contributed by atoms with Crippen LogP contribution in [0.3, 0.4) is 0 Å². The van der Waals surface area contributed by atoms with Crippen LogP contribution in [0.5, 0.6) is 0 Å². The fourth-order valence-electron chi connectivity index (χ4n) is 3.14. The highest BCUT2D eigenvalue weighted by molar-refractivity contribution is 5.39. The van der Waals surface area contributed by atoms with E-state index in [4.69, 9.17) is 0 Å². The molecule has 4 rings (SSSR count). The third kappa shape index (κ3) is 3.17. The molecule has 0 spiro atoms. The van der Waals surface area contributed by atoms with E-state index in [2.05, 4.69) is 36.0 Å². The van der Waals surface area contributed by atoms with E-state index in [-0.39, 0.29) is 0 Å². The van der Waals surface area contributed by atoms with Crippen LogP contribution in [0.25, 0.3) is 5.65 Å². The lowest BCUT2D eigenvalue weighted by Gasteiger charge is -2.33. The number of rotatable bonds is 4. The SMILES string of the molecule is c1cnnc(N2CCC[C@H](NCc3cn4ccccc4n3)C2)c1. The van der Waals surface area contributed by atoms with Gasteiger partial charge in [0.2, 0.25) is 0 Å². The lowest BCUT2D eigenvalue weighted by molar-refractivity contribution is 0.418. The molecule has 3 aromatic heterocycles. The van der Waals surface area contributed by atoms with E-state index in [1.54, 1.807) is 6.20 Å². The minimum Gasteiger partial charge on any atom is -0.354 e. The molecule has 0 unspecified atom stereocenters. The van der Waals surface area contributed by atoms with Crippen LogP contribution in [0.15, 0.2) is 48.9 Å². The van der Waals surface area contributed by atoms with Crippen LogP contribution in [-0.4, -0.2) is 38.7 Å². The van der Waals surface area contributed by atoms with Crippen molar-refractivity contribution >= 4 is 11.5 Å². The van der Waals surface area contributed by atoms with Crippen molar-refractivity contribution in [1.82, 2.24) is 24.9 Å². The van der Waals surface area contributed by atoms with E-state index in [1.165, 1.54) is 12.8 Å². The molecule has 1 aliphatic heterocycles. The summed E-state index contributed by atoms with van der Waals surface area (Å²) in [6, 6.07) is 10.5. The molecule has 0 bridgehead atoms. The zero-order valence-electron chi connectivity index (χ0n) is 13.0. The molecule has 0 aromatic carbocycles. The molecule has 1 atom stereocenters. The van der Waals surface area contributed by atoms with Crippen LogP contribution in [0.4, 0.5) is 5.82 Å². The molecular weight excluding hydrogens is 288 g/mol. The fourth-order valence-corrected chi connectivity index (χ4v) is 3.14. The first-order valence-electron chi connectivity index (χ1n) is 8.07. The predicted molar refractivity (Wildman–Crippen MR) is 89.3 cm³/mol. The Balaban J connectivity index is 1.38. The molecule has 1 N–H and O–H groups in total. The molecule has 3 aromatic rings. The lowest BCUT2D eigenvalue weighted by Crippen LogP contribution is -2.45. The van der Waals surface area contributed by atoms with Gasteiger partial charge in [0.05, 0.1) is 5.69 Å². The van der Waals surface area contributed by atoms with E-state index < -0.39 is 0 Å². The molecule has 4 heterocycles. The first-order valence-corrected chi connectivity index (χ1v) is 8.07. The van der Waals surface area contributed by atoms with Crippen molar-refractivity contribution in [1.29, 1.82) is 0 Å². The summed E-state index contributed by atoms with van der Waals surface area (Å²) in [5.41, 5.74) is 2.07. The summed E-state index contributed by atoms with van der Waals surface area (Å²) in [6.45, 7) is 2.80. The van der Waals surface area contributed by atoms with Gasteiger partial charge in [-0.1, -0.05) is 6.07 Å². The van der Waals surface area contributed by atoms with Crippen molar-refractivity contribution in [2.45, 2.75) is 25.4 Å². The minimum atomic E-state index is 0.454. The Morgan fingerprint density at radius 3 is 3.09 bits per heavy atom. The minimum absolute atomic E-state index is 0.454. The maximum atomic E-state index is 4.64. The average Bonchev–Trinajstić information content (AvgIpc) is 3.04. The van der Waals surface area contributed by atoms with Crippen LogP contribution in [0.1, 0.15) is 18.5 Å². The van der Waals surface area contributed by atoms with Crippen molar-refractivity contribution in [3.63, 3.8) is 0 Å². The highest BCUT2D eigenvalue weighted by atomic mass is 15.3. The van der Waals surface area contributed by atoms with E-state index in [0.717, 1.165) is 36.8 Å². The second kappa shape index (κ2) is 6.34. The number of imidazole rings is 1. The molecule has 0 aliphatic carbocycles. The molecule has 0 radical (unpaired) electrons. The molecule has 118 valence electrons. The number of fused-ring (bicyclic) bond motifs is 1. The highest BCUT2D eigenvalue weighted by Gasteiger charge is 2.20. The van der Waals surface area contributed by atoms with E-state index in [1.807, 2.05) is 36.5 Å². The molecule has 1 aliphatic rings. The van der Waals surface area contributed by atoms with Crippen LogP contribution in [0, 0.1) is 0 Å². The molecule has 6 nitrogen and oxygen atoms in total. The second-order valence-electron chi connectivity index (χ2n) is 5.95. The number of nitrogens with zero attached hydrogens (tertiary/aromatic N) is 5. The highest BCUT2D eigenvalue weighted by Crippen LogP contribution is 2.17. The zero-order chi connectivity index (χ0) is 15.5. The van der Waals surface area contributed by atoms with E-state index >= 15 is 0 Å². The largest absolute Gasteiger partial charge is 0.354 e. The van der Waals surface area contributed by atoms with Gasteiger partial charge in [-0.2, -0.15) is 5.10 Å². The van der Waals surface area contributed by atoms with Gasteiger partial charge in [0.1, 0.15) is 5.65 Å². The van der Waals surface area contributed by atoms with Gasteiger partial charge < -0.3 is 14.6 Å². The van der Waals surface area contributed by atoms with Crippen LogP contribution in [0.2, 0.25) is 0 Å². The van der Waals surface area contributed by atoms with Crippen molar-refractivity contribution in [3.8, 4) is 0 Å². The maximum Gasteiger partial charge on any atom is 0.151 e. The Labute approximate surface area is 135 Å². The number of hydrogen-bond acceptors (Lipinski definition) is 5. The average molecular weight is 308 g/mol. The van der Waals surface area contributed by atoms with Crippen molar-refractivity contribution in [3.05, 3.63) is 54.6 Å². The third-order valence-corrected chi connectivity index (χ3v) is 4.29. The van der Waals surface area contributed by atoms with E-state index in [9.17, 15) is 0 Å². The Morgan fingerprint density at radius 2 is 2.22 bits per heavy atom. The molecular formula is C17H20N6. The Kier molecular flexibility index (Phi) is 3.90. The smallest absolute Gasteiger partial charge is 0.151 e. The monoisotopic (exact) mass is 308 g/mol. The molecule has 6 heteroatoms. The molecule has 0 amide bonds. The summed E-state index contributed by atoms with van der Waals surface area (Å²) in [4.78, 5) is 6.94. The van der Waals surface area contributed by atoms with Gasteiger partial charge in [-0.15, -0.1) is 5.10 Å². The van der Waals surface area contributed by atoms with Crippen molar-refractivity contribution < 1.29 is 0 Å². The summed E-state index contributed by atoms with van der Waals surface area (Å²) < 4.78 is 2.06. The Bertz CT molecular complexity index is 736. The summed E-state index contributed by atoms with van der Waals surface area (Å²) in [5, 5.41) is 11.8. The van der Waals surface area contributed by atoms with Crippen molar-refractivity contribution in [2.75, 3.05) is 18.0 Å². The van der Waals surface area contributed by atoms with Gasteiger partial charge in [0.15, 0.2) is 5.82 Å².